The van der Waals surface area contributed by atoms with Gasteiger partial charge in [0.15, 0.2) is 5.11 Å². The Morgan fingerprint density at radius 1 is 0.762 bits per heavy atom. The van der Waals surface area contributed by atoms with Gasteiger partial charge in [-0.25, -0.2) is 23.2 Å². The summed E-state index contributed by atoms with van der Waals surface area (Å²) < 4.78 is 37.7. The van der Waals surface area contributed by atoms with Crippen molar-refractivity contribution in [2.45, 2.75) is 53.6 Å². The van der Waals surface area contributed by atoms with Gasteiger partial charge in [0.05, 0.1) is 36.4 Å². The third kappa shape index (κ3) is 7.11. The van der Waals surface area contributed by atoms with Crippen LogP contribution in [0.2, 0.25) is 0 Å². The largest absolute Gasteiger partial charge is 0.463 e. The third-order valence-electron chi connectivity index (χ3n) is 6.77. The van der Waals surface area contributed by atoms with Crippen molar-refractivity contribution in [3.63, 3.8) is 0 Å². The first-order valence-electron chi connectivity index (χ1n) is 13.3. The Hall–Kier alpha value is -4.32. The molecule has 0 fully saturated rings. The van der Waals surface area contributed by atoms with Crippen molar-refractivity contribution in [1.82, 2.24) is 21.3 Å². The van der Waals surface area contributed by atoms with E-state index in [9.17, 15) is 23.2 Å². The number of ether oxygens (including phenoxy) is 2. The molecule has 0 unspecified atom stereocenters. The van der Waals surface area contributed by atoms with Crippen LogP contribution in [0.4, 0.5) is 13.6 Å². The van der Waals surface area contributed by atoms with Crippen molar-refractivity contribution in [3.05, 3.63) is 92.8 Å². The molecule has 2 aliphatic heterocycles. The Labute approximate surface area is 248 Å². The van der Waals surface area contributed by atoms with Crippen LogP contribution in [0.15, 0.2) is 58.9 Å². The summed E-state index contributed by atoms with van der Waals surface area (Å²) in [5, 5.41) is 11.5. The van der Waals surface area contributed by atoms with Crippen molar-refractivity contribution in [2.75, 3.05) is 13.2 Å². The first-order valence-corrected chi connectivity index (χ1v) is 13.7. The Kier molecular flexibility index (Phi) is 10.8. The lowest BCUT2D eigenvalue weighted by molar-refractivity contribution is -0.140. The minimum absolute atomic E-state index is 0.221. The maximum atomic E-state index is 13.8. The van der Waals surface area contributed by atoms with E-state index in [1.165, 1.54) is 12.1 Å². The molecular formula is C30H34F2N4O5S. The number of hydrogen-bond acceptors (Lipinski definition) is 6. The zero-order valence-electron chi connectivity index (χ0n) is 24.2. The lowest BCUT2D eigenvalue weighted by Gasteiger charge is -2.30. The number of carbonyl (C=O) groups excluding carboxylic acids is 3. The van der Waals surface area contributed by atoms with Crippen LogP contribution >= 0.6 is 12.2 Å². The minimum Gasteiger partial charge on any atom is -0.463 e. The summed E-state index contributed by atoms with van der Waals surface area (Å²) in [6.07, 6.45) is 0. The van der Waals surface area contributed by atoms with Crippen LogP contribution in [0.1, 0.15) is 62.0 Å². The van der Waals surface area contributed by atoms with E-state index in [0.29, 0.717) is 44.3 Å². The van der Waals surface area contributed by atoms with Crippen molar-refractivity contribution < 1.29 is 32.6 Å². The summed E-state index contributed by atoms with van der Waals surface area (Å²) in [6.45, 7) is 10.6. The van der Waals surface area contributed by atoms with Crippen LogP contribution in [0.3, 0.4) is 0 Å². The predicted molar refractivity (Wildman–Crippen MR) is 157 cm³/mol. The smallest absolute Gasteiger partial charge is 0.338 e. The minimum atomic E-state index is -0.728. The molecule has 0 aromatic heterocycles. The summed E-state index contributed by atoms with van der Waals surface area (Å²) in [4.78, 5) is 36.0. The number of halogens is 2. The number of benzene rings is 2. The Morgan fingerprint density at radius 2 is 1.19 bits per heavy atom. The molecule has 0 saturated carbocycles. The predicted octanol–water partition coefficient (Wildman–Crippen LogP) is 4.82. The number of urea groups is 1. The average Bonchev–Trinajstić information content (AvgIpc) is 2.91. The van der Waals surface area contributed by atoms with Crippen molar-refractivity contribution in [2.24, 2.45) is 0 Å². The van der Waals surface area contributed by atoms with Gasteiger partial charge in [-0.05, 0) is 88.1 Å². The number of hydrogen-bond donors (Lipinski definition) is 4. The maximum absolute atomic E-state index is 13.8. The molecule has 224 valence electrons. The van der Waals surface area contributed by atoms with Crippen LogP contribution in [-0.4, -0.2) is 36.3 Å². The number of nitrogens with one attached hydrogen (secondary N) is 4. The molecule has 4 N–H and O–H groups in total. The maximum Gasteiger partial charge on any atom is 0.338 e. The summed E-state index contributed by atoms with van der Waals surface area (Å²) in [5.41, 5.74) is 3.79. The van der Waals surface area contributed by atoms with E-state index in [1.54, 1.807) is 65.8 Å². The molecule has 12 heteroatoms. The molecule has 0 radical (unpaired) electrons. The van der Waals surface area contributed by atoms with Gasteiger partial charge in [-0.15, -0.1) is 0 Å². The fourth-order valence-corrected chi connectivity index (χ4v) is 4.96. The SMILES string of the molecule is CCOC(=O)C1=C(C)NC(=O)N[C@H]1c1cccc(F)c1C.CCOC(=O)C1=C(C)NC(=S)N[C@H]1c1cccc(F)c1C. The van der Waals surface area contributed by atoms with E-state index in [2.05, 4.69) is 21.3 Å². The second-order valence-electron chi connectivity index (χ2n) is 9.49. The molecule has 2 aromatic carbocycles. The molecule has 4 rings (SSSR count). The van der Waals surface area contributed by atoms with Crippen molar-refractivity contribution in [1.29, 1.82) is 0 Å². The highest BCUT2D eigenvalue weighted by Crippen LogP contribution is 2.31. The Morgan fingerprint density at radius 3 is 1.64 bits per heavy atom. The van der Waals surface area contributed by atoms with Gasteiger partial charge < -0.3 is 30.7 Å². The van der Waals surface area contributed by atoms with Crippen molar-refractivity contribution in [3.8, 4) is 0 Å². The molecule has 42 heavy (non-hydrogen) atoms. The van der Waals surface area contributed by atoms with Crippen LogP contribution in [0.25, 0.3) is 0 Å². The molecule has 0 saturated heterocycles. The standard InChI is InChI=1S/C15H17FN2O3.C15H17FN2O2S/c1-4-21-14(19)12-9(3)17-15(20)18-13(12)10-6-5-7-11(16)8(10)2;1-4-20-14(19)12-9(3)17-15(21)18-13(12)10-6-5-7-11(16)8(10)2/h5-7,13H,4H2,1-3H3,(H2,17,18,20);5-7,13H,4H2,1-3H3,(H2,17,18,21)/t2*13-/m00/s1. The average molecular weight is 601 g/mol. The number of amides is 2. The molecule has 2 aromatic rings. The fourth-order valence-electron chi connectivity index (χ4n) is 4.69. The second kappa shape index (κ2) is 14.0. The Balaban J connectivity index is 0.000000230. The quantitative estimate of drug-likeness (QED) is 0.276. The van der Waals surface area contributed by atoms with Gasteiger partial charge in [0.1, 0.15) is 11.6 Å². The van der Waals surface area contributed by atoms with Gasteiger partial charge in [-0.2, -0.15) is 0 Å². The second-order valence-corrected chi connectivity index (χ2v) is 9.90. The lowest BCUT2D eigenvalue weighted by Crippen LogP contribution is -2.45. The monoisotopic (exact) mass is 600 g/mol. The van der Waals surface area contributed by atoms with E-state index in [-0.39, 0.29) is 30.4 Å². The molecule has 0 bridgehead atoms. The molecule has 2 heterocycles. The van der Waals surface area contributed by atoms with Gasteiger partial charge in [-0.3, -0.25) is 0 Å². The van der Waals surface area contributed by atoms with E-state index in [4.69, 9.17) is 21.7 Å². The molecule has 9 nitrogen and oxygen atoms in total. The van der Waals surface area contributed by atoms with E-state index in [0.717, 1.165) is 0 Å². The van der Waals surface area contributed by atoms with E-state index < -0.39 is 30.1 Å². The number of esters is 2. The topological polar surface area (TPSA) is 118 Å². The lowest BCUT2D eigenvalue weighted by atomic mass is 9.92. The summed E-state index contributed by atoms with van der Waals surface area (Å²) in [5.74, 6) is -1.68. The molecule has 2 amide bonds. The number of thiocarbonyl (C=S) groups is 1. The first kappa shape index (κ1) is 32.2. The summed E-state index contributed by atoms with van der Waals surface area (Å²) in [7, 11) is 0. The van der Waals surface area contributed by atoms with Gasteiger partial charge in [0, 0.05) is 11.4 Å². The number of carbonyl (C=O) groups is 3. The van der Waals surface area contributed by atoms with Crippen LogP contribution < -0.4 is 21.3 Å². The molecule has 2 atom stereocenters. The third-order valence-corrected chi connectivity index (χ3v) is 6.99. The molecule has 2 aliphatic rings. The van der Waals surface area contributed by atoms with Crippen LogP contribution in [0, 0.1) is 25.5 Å². The molecular weight excluding hydrogens is 566 g/mol. The number of rotatable bonds is 6. The normalized spacial score (nSPS) is 18.1. The highest BCUT2D eigenvalue weighted by atomic mass is 32.1. The molecule has 0 aliphatic carbocycles. The zero-order chi connectivity index (χ0) is 31.1. The van der Waals surface area contributed by atoms with Crippen molar-refractivity contribution >= 4 is 35.3 Å². The number of allylic oxidation sites excluding steroid dienone is 2. The van der Waals surface area contributed by atoms with Gasteiger partial charge in [0.2, 0.25) is 0 Å². The van der Waals surface area contributed by atoms with E-state index >= 15 is 0 Å². The highest BCUT2D eigenvalue weighted by Gasteiger charge is 2.34. The fraction of sp³-hybridized carbons (Fsp3) is 0.333. The van der Waals surface area contributed by atoms with Gasteiger partial charge >= 0.3 is 18.0 Å². The van der Waals surface area contributed by atoms with Crippen LogP contribution in [0.5, 0.6) is 0 Å². The van der Waals surface area contributed by atoms with Crippen LogP contribution in [-0.2, 0) is 19.1 Å². The van der Waals surface area contributed by atoms with Gasteiger partial charge in [-0.1, -0.05) is 24.3 Å². The van der Waals surface area contributed by atoms with E-state index in [1.807, 2.05) is 0 Å². The Bertz CT molecular complexity index is 1360. The molecule has 0 spiro atoms. The first-order chi connectivity index (χ1) is 19.9. The zero-order valence-corrected chi connectivity index (χ0v) is 25.1. The summed E-state index contributed by atoms with van der Waals surface area (Å²) in [6, 6.07) is 7.65. The highest BCUT2D eigenvalue weighted by molar-refractivity contribution is 7.80. The summed E-state index contributed by atoms with van der Waals surface area (Å²) >= 11 is 5.14. The van der Waals surface area contributed by atoms with Gasteiger partial charge in [0.25, 0.3) is 0 Å².